The highest BCUT2D eigenvalue weighted by Gasteiger charge is 2.26. The molecule has 0 fully saturated rings. The minimum atomic E-state index is -0.384. The second-order valence-electron chi connectivity index (χ2n) is 5.37. The lowest BCUT2D eigenvalue weighted by Gasteiger charge is -2.11. The molecule has 7 nitrogen and oxygen atoms in total. The van der Waals surface area contributed by atoms with E-state index in [9.17, 15) is 9.59 Å². The lowest BCUT2D eigenvalue weighted by Crippen LogP contribution is -2.16. The Morgan fingerprint density at radius 3 is 2.76 bits per heavy atom. The third kappa shape index (κ3) is 4.13. The Hall–Kier alpha value is -1.65. The summed E-state index contributed by atoms with van der Waals surface area (Å²) in [5, 5.41) is 15.0. The van der Waals surface area contributed by atoms with Gasteiger partial charge in [-0.05, 0) is 31.2 Å². The molecule has 0 unspecified atom stereocenters. The highest BCUT2D eigenvalue weighted by atomic mass is 32.2. The number of amides is 1. The molecule has 2 N–H and O–H groups in total. The van der Waals surface area contributed by atoms with E-state index in [0.717, 1.165) is 35.6 Å². The number of fused-ring (bicyclic) bond motifs is 1. The van der Waals surface area contributed by atoms with Crippen molar-refractivity contribution in [1.29, 1.82) is 0 Å². The molecule has 0 saturated heterocycles. The fraction of sp³-hybridized carbons (Fsp3) is 0.467. The lowest BCUT2D eigenvalue weighted by molar-refractivity contribution is -0.113. The summed E-state index contributed by atoms with van der Waals surface area (Å²) in [6, 6.07) is 0. The molecule has 2 aromatic rings. The van der Waals surface area contributed by atoms with Crippen molar-refractivity contribution in [2.45, 2.75) is 30.0 Å². The molecule has 0 bridgehead atoms. The van der Waals surface area contributed by atoms with Crippen molar-refractivity contribution in [3.05, 3.63) is 16.0 Å². The normalized spacial score (nSPS) is 13.2. The van der Waals surface area contributed by atoms with Crippen molar-refractivity contribution >= 4 is 56.4 Å². The fourth-order valence-electron chi connectivity index (χ4n) is 2.63. The van der Waals surface area contributed by atoms with Crippen LogP contribution in [0.4, 0.5) is 10.1 Å². The van der Waals surface area contributed by atoms with Gasteiger partial charge in [-0.25, -0.2) is 4.79 Å². The van der Waals surface area contributed by atoms with Crippen LogP contribution in [0.3, 0.4) is 0 Å². The highest BCUT2D eigenvalue weighted by molar-refractivity contribution is 8.01. The van der Waals surface area contributed by atoms with Gasteiger partial charge in [0, 0.05) is 11.9 Å². The number of hydrogen-bond donors (Lipinski definition) is 2. The molecule has 0 aliphatic heterocycles. The molecule has 2 aromatic heterocycles. The van der Waals surface area contributed by atoms with Crippen LogP contribution in [0.2, 0.25) is 0 Å². The van der Waals surface area contributed by atoms with Gasteiger partial charge in [0.15, 0.2) is 4.34 Å². The average Bonchev–Trinajstić information content (AvgIpc) is 3.23. The molecule has 3 rings (SSSR count). The average molecular weight is 399 g/mol. The van der Waals surface area contributed by atoms with Gasteiger partial charge >= 0.3 is 5.97 Å². The Morgan fingerprint density at radius 1 is 1.24 bits per heavy atom. The molecule has 0 atom stereocenters. The van der Waals surface area contributed by atoms with Crippen LogP contribution >= 0.6 is 34.4 Å². The molecule has 1 amide bonds. The Kier molecular flexibility index (Phi) is 5.92. The van der Waals surface area contributed by atoms with Gasteiger partial charge in [-0.3, -0.25) is 4.79 Å². The summed E-state index contributed by atoms with van der Waals surface area (Å²) in [6.07, 6.45) is 3.98. The Bertz CT molecular complexity index is 787. The van der Waals surface area contributed by atoms with Crippen molar-refractivity contribution < 1.29 is 14.3 Å². The summed E-state index contributed by atoms with van der Waals surface area (Å²) in [5.74, 6) is -0.346. The molecule has 0 saturated carbocycles. The van der Waals surface area contributed by atoms with Crippen molar-refractivity contribution in [1.82, 2.24) is 10.2 Å². The van der Waals surface area contributed by atoms with Crippen molar-refractivity contribution in [3.63, 3.8) is 0 Å². The number of aromatic nitrogens is 2. The van der Waals surface area contributed by atoms with Crippen LogP contribution in [-0.2, 0) is 22.4 Å². The first kappa shape index (κ1) is 18.2. The van der Waals surface area contributed by atoms with Crippen LogP contribution in [0.5, 0.6) is 0 Å². The van der Waals surface area contributed by atoms with Gasteiger partial charge in [-0.15, -0.1) is 21.5 Å². The van der Waals surface area contributed by atoms with Crippen molar-refractivity contribution in [3.8, 4) is 0 Å². The number of anilines is 2. The second kappa shape index (κ2) is 8.15. The quantitative estimate of drug-likeness (QED) is 0.570. The van der Waals surface area contributed by atoms with E-state index in [1.165, 1.54) is 46.4 Å². The number of nitrogens with one attached hydrogen (secondary N) is 2. The zero-order chi connectivity index (χ0) is 17.8. The smallest absolute Gasteiger partial charge is 0.341 e. The highest BCUT2D eigenvalue weighted by Crippen LogP contribution is 2.38. The SMILES string of the molecule is CNc1nnc(SCC(=O)Nc2sc3c(c2C(=O)OC)CCCC3)s1. The van der Waals surface area contributed by atoms with Crippen LogP contribution in [0.15, 0.2) is 4.34 Å². The molecule has 134 valence electrons. The summed E-state index contributed by atoms with van der Waals surface area (Å²) < 4.78 is 5.64. The number of thioether (sulfide) groups is 1. The van der Waals surface area contributed by atoms with E-state index in [2.05, 4.69) is 20.8 Å². The van der Waals surface area contributed by atoms with E-state index in [0.29, 0.717) is 15.7 Å². The Balaban J connectivity index is 1.70. The first-order valence-corrected chi connectivity index (χ1v) is 10.4. The fourth-order valence-corrected chi connectivity index (χ4v) is 5.43. The molecule has 0 radical (unpaired) electrons. The van der Waals surface area contributed by atoms with Crippen molar-refractivity contribution in [2.24, 2.45) is 0 Å². The zero-order valence-corrected chi connectivity index (χ0v) is 16.3. The third-order valence-electron chi connectivity index (χ3n) is 3.76. The maximum absolute atomic E-state index is 12.3. The molecular formula is C15H18N4O3S3. The predicted molar refractivity (Wildman–Crippen MR) is 101 cm³/mol. The van der Waals surface area contributed by atoms with E-state index >= 15 is 0 Å². The molecule has 1 aliphatic carbocycles. The van der Waals surface area contributed by atoms with Crippen LogP contribution < -0.4 is 10.6 Å². The Labute approximate surface area is 157 Å². The largest absolute Gasteiger partial charge is 0.465 e. The standard InChI is InChI=1S/C15H18N4O3S3/c1-16-14-18-19-15(25-14)23-7-10(20)17-12-11(13(21)22-2)8-5-3-4-6-9(8)24-12/h3-7H2,1-2H3,(H,16,18)(H,17,20). The first-order valence-electron chi connectivity index (χ1n) is 7.79. The zero-order valence-electron chi connectivity index (χ0n) is 13.9. The van der Waals surface area contributed by atoms with Gasteiger partial charge in [-0.2, -0.15) is 0 Å². The number of thiophene rings is 1. The molecular weight excluding hydrogens is 380 g/mol. The maximum atomic E-state index is 12.3. The van der Waals surface area contributed by atoms with E-state index in [1.54, 1.807) is 7.05 Å². The number of carbonyl (C=O) groups is 2. The number of methoxy groups -OCH3 is 1. The number of nitrogens with zero attached hydrogens (tertiary/aromatic N) is 2. The maximum Gasteiger partial charge on any atom is 0.341 e. The van der Waals surface area contributed by atoms with Crippen LogP contribution in [0.25, 0.3) is 0 Å². The number of aryl methyl sites for hydroxylation is 1. The monoisotopic (exact) mass is 398 g/mol. The van der Waals surface area contributed by atoms with E-state index in [4.69, 9.17) is 4.74 Å². The van der Waals surface area contributed by atoms with Crippen LogP contribution in [-0.4, -0.2) is 42.0 Å². The van der Waals surface area contributed by atoms with Crippen molar-refractivity contribution in [2.75, 3.05) is 30.5 Å². The molecule has 0 aromatic carbocycles. The summed E-state index contributed by atoms with van der Waals surface area (Å²) in [7, 11) is 3.14. The van der Waals surface area contributed by atoms with Gasteiger partial charge < -0.3 is 15.4 Å². The second-order valence-corrected chi connectivity index (χ2v) is 8.67. The molecule has 2 heterocycles. The summed E-state index contributed by atoms with van der Waals surface area (Å²) in [5.41, 5.74) is 1.56. The van der Waals surface area contributed by atoms with E-state index in [-0.39, 0.29) is 17.6 Å². The van der Waals surface area contributed by atoms with Gasteiger partial charge in [0.25, 0.3) is 0 Å². The van der Waals surface area contributed by atoms with Gasteiger partial charge in [0.1, 0.15) is 5.00 Å². The Morgan fingerprint density at radius 2 is 2.04 bits per heavy atom. The van der Waals surface area contributed by atoms with Crippen LogP contribution in [0, 0.1) is 0 Å². The minimum absolute atomic E-state index is 0.171. The molecule has 0 spiro atoms. The van der Waals surface area contributed by atoms with E-state index < -0.39 is 0 Å². The van der Waals surface area contributed by atoms with Gasteiger partial charge in [-0.1, -0.05) is 23.1 Å². The minimum Gasteiger partial charge on any atom is -0.465 e. The van der Waals surface area contributed by atoms with Crippen LogP contribution in [0.1, 0.15) is 33.6 Å². The number of carbonyl (C=O) groups excluding carboxylic acids is 2. The lowest BCUT2D eigenvalue weighted by atomic mass is 9.95. The molecule has 1 aliphatic rings. The number of rotatable bonds is 6. The number of ether oxygens (including phenoxy) is 1. The predicted octanol–water partition coefficient (Wildman–Crippen LogP) is 3.04. The van der Waals surface area contributed by atoms with E-state index in [1.807, 2.05) is 0 Å². The summed E-state index contributed by atoms with van der Waals surface area (Å²) >= 11 is 4.20. The number of hydrogen-bond acceptors (Lipinski definition) is 9. The van der Waals surface area contributed by atoms with Gasteiger partial charge in [0.05, 0.1) is 18.4 Å². The molecule has 10 heteroatoms. The van der Waals surface area contributed by atoms with Gasteiger partial charge in [0.2, 0.25) is 11.0 Å². The third-order valence-corrected chi connectivity index (χ3v) is 7.04. The molecule has 25 heavy (non-hydrogen) atoms. The summed E-state index contributed by atoms with van der Waals surface area (Å²) in [4.78, 5) is 25.6. The first-order chi connectivity index (χ1) is 12.1. The summed E-state index contributed by atoms with van der Waals surface area (Å²) in [6.45, 7) is 0. The number of esters is 1. The topological polar surface area (TPSA) is 93.2 Å².